The van der Waals surface area contributed by atoms with Gasteiger partial charge in [-0.15, -0.1) is 0 Å². The van der Waals surface area contributed by atoms with Gasteiger partial charge < -0.3 is 4.90 Å². The average molecular weight is 207 g/mol. The Kier molecular flexibility index (Phi) is 2.08. The van der Waals surface area contributed by atoms with E-state index in [4.69, 9.17) is 0 Å². The molecular formula is C11H14FN3. The molecule has 2 bridgehead atoms. The predicted molar refractivity (Wildman–Crippen MR) is 55.1 cm³/mol. The van der Waals surface area contributed by atoms with Crippen LogP contribution >= 0.6 is 0 Å². The van der Waals surface area contributed by atoms with Gasteiger partial charge in [-0.3, -0.25) is 0 Å². The summed E-state index contributed by atoms with van der Waals surface area (Å²) in [5.74, 6) is 0.347. The van der Waals surface area contributed by atoms with Crippen molar-refractivity contribution in [1.82, 2.24) is 9.97 Å². The molecule has 2 atom stereocenters. The summed E-state index contributed by atoms with van der Waals surface area (Å²) in [7, 11) is 0. The lowest BCUT2D eigenvalue weighted by Crippen LogP contribution is -2.40. The first-order valence-electron chi connectivity index (χ1n) is 5.60. The van der Waals surface area contributed by atoms with E-state index in [1.54, 1.807) is 0 Å². The molecule has 0 N–H and O–H groups in total. The Labute approximate surface area is 88.3 Å². The molecule has 0 aliphatic carbocycles. The molecule has 0 spiro atoms. The monoisotopic (exact) mass is 207 g/mol. The molecule has 2 saturated heterocycles. The number of fused-ring (bicyclic) bond motifs is 2. The van der Waals surface area contributed by atoms with E-state index in [9.17, 15) is 4.39 Å². The molecule has 1 aromatic rings. The van der Waals surface area contributed by atoms with Gasteiger partial charge in [0.15, 0.2) is 0 Å². The lowest BCUT2D eigenvalue weighted by Gasteiger charge is -2.35. The maximum Gasteiger partial charge on any atom is 0.218 e. The van der Waals surface area contributed by atoms with Crippen LogP contribution in [0.3, 0.4) is 0 Å². The Morgan fingerprint density at radius 1 is 1.13 bits per heavy atom. The van der Waals surface area contributed by atoms with E-state index in [0.29, 0.717) is 12.1 Å². The maximum atomic E-state index is 13.0. The van der Waals surface area contributed by atoms with Crippen LogP contribution in [0.25, 0.3) is 0 Å². The highest BCUT2D eigenvalue weighted by molar-refractivity contribution is 5.42. The fourth-order valence-electron chi connectivity index (χ4n) is 2.96. The van der Waals surface area contributed by atoms with Crippen molar-refractivity contribution in [2.45, 2.75) is 44.2 Å². The second-order valence-corrected chi connectivity index (χ2v) is 4.42. The molecule has 2 unspecified atom stereocenters. The summed E-state index contributed by atoms with van der Waals surface area (Å²) in [4.78, 5) is 9.98. The molecule has 0 radical (unpaired) electrons. The van der Waals surface area contributed by atoms with Gasteiger partial charge in [0, 0.05) is 18.2 Å². The highest BCUT2D eigenvalue weighted by Crippen LogP contribution is 2.38. The number of anilines is 1. The van der Waals surface area contributed by atoms with Crippen LogP contribution in [0.4, 0.5) is 10.2 Å². The molecule has 80 valence electrons. The number of halogens is 1. The van der Waals surface area contributed by atoms with Crippen molar-refractivity contribution in [3.63, 3.8) is 0 Å². The largest absolute Gasteiger partial charge is 0.350 e. The fraction of sp³-hybridized carbons (Fsp3) is 0.636. The van der Waals surface area contributed by atoms with Crippen molar-refractivity contribution in [3.8, 4) is 0 Å². The SMILES string of the molecule is Fc1cc(N2C3CCCC2CC3)ncn1. The van der Waals surface area contributed by atoms with Crippen LogP contribution < -0.4 is 4.90 Å². The molecule has 0 saturated carbocycles. The molecule has 2 aliphatic heterocycles. The average Bonchev–Trinajstić information content (AvgIpc) is 2.49. The fourth-order valence-corrected chi connectivity index (χ4v) is 2.96. The summed E-state index contributed by atoms with van der Waals surface area (Å²) in [5.41, 5.74) is 0. The van der Waals surface area contributed by atoms with Gasteiger partial charge in [0.1, 0.15) is 12.1 Å². The minimum Gasteiger partial charge on any atom is -0.350 e. The van der Waals surface area contributed by atoms with Crippen molar-refractivity contribution in [3.05, 3.63) is 18.3 Å². The summed E-state index contributed by atoms with van der Waals surface area (Å²) in [6, 6.07) is 2.62. The molecule has 4 heteroatoms. The van der Waals surface area contributed by atoms with E-state index in [-0.39, 0.29) is 0 Å². The molecule has 3 heterocycles. The highest BCUT2D eigenvalue weighted by atomic mass is 19.1. The number of hydrogen-bond acceptors (Lipinski definition) is 3. The molecule has 15 heavy (non-hydrogen) atoms. The zero-order chi connectivity index (χ0) is 10.3. The first-order chi connectivity index (χ1) is 7.34. The second kappa shape index (κ2) is 3.43. The van der Waals surface area contributed by atoms with Crippen molar-refractivity contribution in [2.75, 3.05) is 4.90 Å². The van der Waals surface area contributed by atoms with Crippen LogP contribution in [0.15, 0.2) is 12.4 Å². The second-order valence-electron chi connectivity index (χ2n) is 4.42. The van der Waals surface area contributed by atoms with E-state index >= 15 is 0 Å². The molecule has 1 aromatic heterocycles. The van der Waals surface area contributed by atoms with Crippen molar-refractivity contribution < 1.29 is 4.39 Å². The Morgan fingerprint density at radius 2 is 1.87 bits per heavy atom. The van der Waals surface area contributed by atoms with Gasteiger partial charge in [0.05, 0.1) is 0 Å². The van der Waals surface area contributed by atoms with Gasteiger partial charge in [0.2, 0.25) is 5.95 Å². The van der Waals surface area contributed by atoms with E-state index in [0.717, 1.165) is 5.82 Å². The van der Waals surface area contributed by atoms with Crippen LogP contribution in [-0.4, -0.2) is 22.1 Å². The summed E-state index contributed by atoms with van der Waals surface area (Å²) >= 11 is 0. The summed E-state index contributed by atoms with van der Waals surface area (Å²) < 4.78 is 13.0. The van der Waals surface area contributed by atoms with Crippen molar-refractivity contribution in [1.29, 1.82) is 0 Å². The van der Waals surface area contributed by atoms with Crippen LogP contribution in [0.1, 0.15) is 32.1 Å². The lowest BCUT2D eigenvalue weighted by atomic mass is 10.0. The van der Waals surface area contributed by atoms with Gasteiger partial charge in [0.25, 0.3) is 0 Å². The Morgan fingerprint density at radius 3 is 2.53 bits per heavy atom. The van der Waals surface area contributed by atoms with Crippen LogP contribution in [0.2, 0.25) is 0 Å². The lowest BCUT2D eigenvalue weighted by molar-refractivity contribution is 0.462. The topological polar surface area (TPSA) is 29.0 Å². The number of aromatic nitrogens is 2. The van der Waals surface area contributed by atoms with Gasteiger partial charge in [-0.25, -0.2) is 9.97 Å². The first kappa shape index (κ1) is 9.07. The van der Waals surface area contributed by atoms with E-state index in [1.165, 1.54) is 44.5 Å². The number of nitrogens with zero attached hydrogens (tertiary/aromatic N) is 3. The minimum absolute atomic E-state index is 0.426. The smallest absolute Gasteiger partial charge is 0.218 e. The third kappa shape index (κ3) is 1.48. The van der Waals surface area contributed by atoms with Crippen LogP contribution in [-0.2, 0) is 0 Å². The summed E-state index contributed by atoms with van der Waals surface area (Å²) in [6.07, 6.45) is 7.54. The van der Waals surface area contributed by atoms with E-state index < -0.39 is 5.95 Å². The zero-order valence-electron chi connectivity index (χ0n) is 8.56. The summed E-state index contributed by atoms with van der Waals surface area (Å²) in [6.45, 7) is 0. The zero-order valence-corrected chi connectivity index (χ0v) is 8.56. The molecule has 0 amide bonds. The van der Waals surface area contributed by atoms with E-state index in [2.05, 4.69) is 14.9 Å². The Bertz CT molecular complexity index is 353. The number of piperidine rings is 1. The van der Waals surface area contributed by atoms with Crippen molar-refractivity contribution in [2.24, 2.45) is 0 Å². The molecule has 0 aromatic carbocycles. The van der Waals surface area contributed by atoms with Gasteiger partial charge >= 0.3 is 0 Å². The molecule has 2 fully saturated rings. The minimum atomic E-state index is -0.426. The third-order valence-corrected chi connectivity index (χ3v) is 3.58. The van der Waals surface area contributed by atoms with Gasteiger partial charge in [-0.05, 0) is 32.1 Å². The Balaban J connectivity index is 1.93. The van der Waals surface area contributed by atoms with Crippen LogP contribution in [0, 0.1) is 5.95 Å². The normalized spacial score (nSPS) is 29.5. The molecule has 2 aliphatic rings. The molecule has 3 nitrogen and oxygen atoms in total. The maximum absolute atomic E-state index is 13.0. The van der Waals surface area contributed by atoms with Gasteiger partial charge in [-0.1, -0.05) is 0 Å². The van der Waals surface area contributed by atoms with E-state index in [1.807, 2.05) is 0 Å². The van der Waals surface area contributed by atoms with Crippen LogP contribution in [0.5, 0.6) is 0 Å². The number of rotatable bonds is 1. The number of hydrogen-bond donors (Lipinski definition) is 0. The third-order valence-electron chi connectivity index (χ3n) is 3.58. The predicted octanol–water partition coefficient (Wildman–Crippen LogP) is 2.14. The first-order valence-corrected chi connectivity index (χ1v) is 5.60. The molecule has 3 rings (SSSR count). The standard InChI is InChI=1S/C11H14FN3/c12-10-6-11(14-7-13-10)15-8-2-1-3-9(15)5-4-8/h6-9H,1-5H2. The highest BCUT2D eigenvalue weighted by Gasteiger charge is 2.37. The quantitative estimate of drug-likeness (QED) is 0.661. The summed E-state index contributed by atoms with van der Waals surface area (Å²) in [5, 5.41) is 0. The van der Waals surface area contributed by atoms with Crippen molar-refractivity contribution >= 4 is 5.82 Å². The Hall–Kier alpha value is -1.19. The molecular weight excluding hydrogens is 193 g/mol. The van der Waals surface area contributed by atoms with Gasteiger partial charge in [-0.2, -0.15) is 4.39 Å².